The first-order valence-electron chi connectivity index (χ1n) is 5.40. The molecule has 0 bridgehead atoms. The van der Waals surface area contributed by atoms with Crippen molar-refractivity contribution in [2.24, 2.45) is 5.41 Å². The second-order valence-corrected chi connectivity index (χ2v) is 4.49. The average molecular weight is 224 g/mol. The highest BCUT2D eigenvalue weighted by molar-refractivity contribution is 5.79. The zero-order valence-corrected chi connectivity index (χ0v) is 9.32. The van der Waals surface area contributed by atoms with Gasteiger partial charge < -0.3 is 10.4 Å². The molecule has 1 rings (SSSR count). The van der Waals surface area contributed by atoms with E-state index in [1.807, 2.05) is 0 Å². The van der Waals surface area contributed by atoms with Crippen molar-refractivity contribution in [1.82, 2.24) is 5.32 Å². The smallest absolute Gasteiger partial charge is 0.404 e. The summed E-state index contributed by atoms with van der Waals surface area (Å²) in [5.41, 5.74) is -0.532. The lowest BCUT2D eigenvalue weighted by molar-refractivity contribution is -0.121. The van der Waals surface area contributed by atoms with Crippen LogP contribution in [0.5, 0.6) is 0 Å². The van der Waals surface area contributed by atoms with Crippen LogP contribution in [0, 0.1) is 16.7 Å². The number of nitrogens with zero attached hydrogens (tertiary/aromatic N) is 1. The molecule has 1 amide bonds. The van der Waals surface area contributed by atoms with Crippen molar-refractivity contribution in [2.75, 3.05) is 0 Å². The van der Waals surface area contributed by atoms with Crippen LogP contribution < -0.4 is 5.32 Å². The third-order valence-corrected chi connectivity index (χ3v) is 3.07. The van der Waals surface area contributed by atoms with Gasteiger partial charge in [-0.1, -0.05) is 0 Å². The second-order valence-electron chi connectivity index (χ2n) is 4.49. The molecular weight excluding hydrogens is 208 g/mol. The molecule has 1 unspecified atom stereocenters. The maximum atomic E-state index is 11.1. The van der Waals surface area contributed by atoms with Gasteiger partial charge in [-0.25, -0.2) is 4.79 Å². The molecule has 5 heteroatoms. The van der Waals surface area contributed by atoms with Gasteiger partial charge >= 0.3 is 6.09 Å². The van der Waals surface area contributed by atoms with Gasteiger partial charge in [-0.3, -0.25) is 4.79 Å². The molecule has 2 N–H and O–H groups in total. The summed E-state index contributed by atoms with van der Waals surface area (Å²) in [6.45, 7) is 1.74. The SMILES string of the molecule is CC(CC1(C#N)CCC(=O)CC1)NC(=O)O. The minimum absolute atomic E-state index is 0.199. The Morgan fingerprint density at radius 1 is 1.62 bits per heavy atom. The zero-order valence-electron chi connectivity index (χ0n) is 9.32. The highest BCUT2D eigenvalue weighted by atomic mass is 16.4. The quantitative estimate of drug-likeness (QED) is 0.763. The minimum atomic E-state index is -1.08. The highest BCUT2D eigenvalue weighted by Gasteiger charge is 2.36. The first-order chi connectivity index (χ1) is 7.47. The fraction of sp³-hybridized carbons (Fsp3) is 0.727. The monoisotopic (exact) mass is 224 g/mol. The highest BCUT2D eigenvalue weighted by Crippen LogP contribution is 2.38. The largest absolute Gasteiger partial charge is 0.465 e. The molecule has 0 saturated heterocycles. The number of rotatable bonds is 3. The van der Waals surface area contributed by atoms with E-state index in [1.54, 1.807) is 6.92 Å². The number of Topliss-reactive ketones (excluding diaryl/α,β-unsaturated/α-hetero) is 1. The Morgan fingerprint density at radius 2 is 2.19 bits per heavy atom. The van der Waals surface area contributed by atoms with Crippen molar-refractivity contribution in [1.29, 1.82) is 5.26 Å². The van der Waals surface area contributed by atoms with Crippen molar-refractivity contribution in [3.05, 3.63) is 0 Å². The van der Waals surface area contributed by atoms with Gasteiger partial charge in [0.25, 0.3) is 0 Å². The van der Waals surface area contributed by atoms with Crippen LogP contribution in [0.3, 0.4) is 0 Å². The molecule has 0 aromatic heterocycles. The van der Waals surface area contributed by atoms with E-state index >= 15 is 0 Å². The predicted octanol–water partition coefficient (Wildman–Crippen LogP) is 1.69. The Hall–Kier alpha value is -1.57. The van der Waals surface area contributed by atoms with Gasteiger partial charge in [0.05, 0.1) is 11.5 Å². The van der Waals surface area contributed by atoms with Crippen molar-refractivity contribution >= 4 is 11.9 Å². The molecule has 0 aliphatic heterocycles. The number of amides is 1. The number of hydrogen-bond donors (Lipinski definition) is 2. The van der Waals surface area contributed by atoms with Crippen LogP contribution in [0.1, 0.15) is 39.0 Å². The van der Waals surface area contributed by atoms with E-state index in [1.165, 1.54) is 0 Å². The molecule has 88 valence electrons. The van der Waals surface area contributed by atoms with Gasteiger partial charge in [0.1, 0.15) is 5.78 Å². The second kappa shape index (κ2) is 4.97. The maximum absolute atomic E-state index is 11.1. The third kappa shape index (κ3) is 3.23. The molecule has 1 atom stereocenters. The molecule has 0 aromatic carbocycles. The summed E-state index contributed by atoms with van der Waals surface area (Å²) < 4.78 is 0. The van der Waals surface area contributed by atoms with Crippen LogP contribution in [0.25, 0.3) is 0 Å². The summed E-state index contributed by atoms with van der Waals surface area (Å²) in [5.74, 6) is 0.199. The van der Waals surface area contributed by atoms with Gasteiger partial charge in [0.15, 0.2) is 0 Å². The lowest BCUT2D eigenvalue weighted by atomic mass is 9.71. The average Bonchev–Trinajstić information content (AvgIpc) is 2.21. The Labute approximate surface area is 94.4 Å². The van der Waals surface area contributed by atoms with E-state index in [4.69, 9.17) is 5.11 Å². The maximum Gasteiger partial charge on any atom is 0.404 e. The first kappa shape index (κ1) is 12.5. The van der Waals surface area contributed by atoms with E-state index in [-0.39, 0.29) is 11.8 Å². The standard InChI is InChI=1S/C11H16N2O3/c1-8(13-10(15)16)6-11(7-12)4-2-9(14)3-5-11/h8,13H,2-6H2,1H3,(H,15,16). The normalized spacial score (nSPS) is 20.9. The van der Waals surface area contributed by atoms with Crippen molar-refractivity contribution in [2.45, 2.75) is 45.1 Å². The molecule has 1 aliphatic carbocycles. The first-order valence-corrected chi connectivity index (χ1v) is 5.40. The predicted molar refractivity (Wildman–Crippen MR) is 56.8 cm³/mol. The van der Waals surface area contributed by atoms with Crippen molar-refractivity contribution < 1.29 is 14.7 Å². The van der Waals surface area contributed by atoms with Gasteiger partial charge in [-0.15, -0.1) is 0 Å². The van der Waals surface area contributed by atoms with Crippen LogP contribution in [0.15, 0.2) is 0 Å². The number of carbonyl (C=O) groups is 2. The van der Waals surface area contributed by atoms with E-state index in [0.29, 0.717) is 32.1 Å². The van der Waals surface area contributed by atoms with Crippen LogP contribution in [-0.2, 0) is 4.79 Å². The summed E-state index contributed by atoms with van der Waals surface area (Å²) in [7, 11) is 0. The molecular formula is C11H16N2O3. The van der Waals surface area contributed by atoms with Crippen LogP contribution >= 0.6 is 0 Å². The van der Waals surface area contributed by atoms with E-state index in [0.717, 1.165) is 0 Å². The summed E-state index contributed by atoms with van der Waals surface area (Å²) >= 11 is 0. The number of carboxylic acid groups (broad SMARTS) is 1. The molecule has 5 nitrogen and oxygen atoms in total. The number of carbonyl (C=O) groups excluding carboxylic acids is 1. The van der Waals surface area contributed by atoms with Crippen molar-refractivity contribution in [3.63, 3.8) is 0 Å². The van der Waals surface area contributed by atoms with E-state index in [9.17, 15) is 14.9 Å². The van der Waals surface area contributed by atoms with Crippen LogP contribution in [0.4, 0.5) is 4.79 Å². The lowest BCUT2D eigenvalue weighted by Gasteiger charge is -2.32. The van der Waals surface area contributed by atoms with Crippen LogP contribution in [-0.4, -0.2) is 23.0 Å². The molecule has 16 heavy (non-hydrogen) atoms. The summed E-state index contributed by atoms with van der Waals surface area (Å²) in [6, 6.07) is 2.00. The molecule has 1 fully saturated rings. The lowest BCUT2D eigenvalue weighted by Crippen LogP contribution is -2.38. The molecule has 0 heterocycles. The Balaban J connectivity index is 2.58. The fourth-order valence-electron chi connectivity index (χ4n) is 2.22. The number of nitriles is 1. The van der Waals surface area contributed by atoms with Gasteiger partial charge in [0.2, 0.25) is 0 Å². The van der Waals surface area contributed by atoms with E-state index < -0.39 is 11.5 Å². The molecule has 0 spiro atoms. The number of hydrogen-bond acceptors (Lipinski definition) is 3. The third-order valence-electron chi connectivity index (χ3n) is 3.07. The van der Waals surface area contributed by atoms with Gasteiger partial charge in [-0.05, 0) is 26.2 Å². The molecule has 1 aliphatic rings. The molecule has 1 saturated carbocycles. The molecule has 0 radical (unpaired) electrons. The van der Waals surface area contributed by atoms with Crippen LogP contribution in [0.2, 0.25) is 0 Å². The summed E-state index contributed by atoms with van der Waals surface area (Å²) in [4.78, 5) is 21.6. The fourth-order valence-corrected chi connectivity index (χ4v) is 2.22. The van der Waals surface area contributed by atoms with Gasteiger partial charge in [0, 0.05) is 18.9 Å². The Bertz CT molecular complexity index is 323. The van der Waals surface area contributed by atoms with Gasteiger partial charge in [-0.2, -0.15) is 5.26 Å². The molecule has 0 aromatic rings. The topological polar surface area (TPSA) is 90.2 Å². The minimum Gasteiger partial charge on any atom is -0.465 e. The number of nitrogens with one attached hydrogen (secondary N) is 1. The summed E-state index contributed by atoms with van der Waals surface area (Å²) in [5, 5.41) is 20.1. The van der Waals surface area contributed by atoms with E-state index in [2.05, 4.69) is 11.4 Å². The summed E-state index contributed by atoms with van der Waals surface area (Å²) in [6.07, 6.45) is 1.37. The Kier molecular flexibility index (Phi) is 3.88. The van der Waals surface area contributed by atoms with Crippen molar-refractivity contribution in [3.8, 4) is 6.07 Å². The Morgan fingerprint density at radius 3 is 2.62 bits per heavy atom. The zero-order chi connectivity index (χ0) is 12.2. The number of ketones is 1.